The van der Waals surface area contributed by atoms with Crippen LogP contribution in [0.15, 0.2) is 53.1 Å². The van der Waals surface area contributed by atoms with E-state index in [0.717, 1.165) is 26.8 Å². The minimum atomic E-state index is 0.685. The average molecular weight is 315 g/mol. The Morgan fingerprint density at radius 3 is 2.68 bits per heavy atom. The molecule has 0 saturated carbocycles. The molecule has 94 valence electrons. The summed E-state index contributed by atoms with van der Waals surface area (Å²) in [7, 11) is 1.65. The third-order valence-electron chi connectivity index (χ3n) is 2.88. The molecule has 3 aromatic rings. The maximum absolute atomic E-state index is 5.23. The summed E-state index contributed by atoms with van der Waals surface area (Å²) < 4.78 is 6.03. The van der Waals surface area contributed by atoms with Gasteiger partial charge in [0, 0.05) is 10.9 Å². The van der Waals surface area contributed by atoms with Gasteiger partial charge in [0.05, 0.1) is 12.6 Å². The lowest BCUT2D eigenvalue weighted by Gasteiger charge is -2.06. The molecule has 0 saturated heterocycles. The number of para-hydroxylation sites is 1. The normalized spacial score (nSPS) is 10.6. The molecule has 0 amide bonds. The summed E-state index contributed by atoms with van der Waals surface area (Å²) in [6.07, 6.45) is 0. The Morgan fingerprint density at radius 1 is 1.00 bits per heavy atom. The lowest BCUT2D eigenvalue weighted by molar-refractivity contribution is 0.415. The van der Waals surface area contributed by atoms with Crippen LogP contribution in [0.4, 0.5) is 0 Å². The van der Waals surface area contributed by atoms with Crippen LogP contribution < -0.4 is 4.74 Å². The Morgan fingerprint density at radius 2 is 1.84 bits per heavy atom. The van der Waals surface area contributed by atoms with Gasteiger partial charge in [0.25, 0.3) is 0 Å². The fourth-order valence-corrected chi connectivity index (χ4v) is 2.43. The predicted molar refractivity (Wildman–Crippen MR) is 79.2 cm³/mol. The molecule has 0 aliphatic carbocycles. The van der Waals surface area contributed by atoms with E-state index in [4.69, 9.17) is 4.74 Å². The lowest BCUT2D eigenvalue weighted by atomic mass is 10.2. The number of methoxy groups -OCH3 is 1. The van der Waals surface area contributed by atoms with Crippen molar-refractivity contribution in [2.45, 2.75) is 0 Å². The molecule has 0 fully saturated rings. The summed E-state index contributed by atoms with van der Waals surface area (Å²) in [5.74, 6) is 1.48. The Kier molecular flexibility index (Phi) is 3.17. The standard InChI is InChI=1S/C15H11BrN2O/c1-19-11-6-4-5-10(9-11)15-17-13-8-3-2-7-12(13)14(16)18-15/h2-9H,1H3. The first-order valence-electron chi connectivity index (χ1n) is 5.84. The van der Waals surface area contributed by atoms with Crippen molar-refractivity contribution in [1.29, 1.82) is 0 Å². The maximum Gasteiger partial charge on any atom is 0.161 e. The molecular formula is C15H11BrN2O. The van der Waals surface area contributed by atoms with Crippen LogP contribution in [0.25, 0.3) is 22.3 Å². The maximum atomic E-state index is 5.23. The smallest absolute Gasteiger partial charge is 0.161 e. The molecule has 2 aromatic carbocycles. The molecule has 0 unspecified atom stereocenters. The summed E-state index contributed by atoms with van der Waals surface area (Å²) in [6, 6.07) is 15.6. The second-order valence-corrected chi connectivity index (χ2v) is 4.84. The zero-order valence-corrected chi connectivity index (χ0v) is 11.9. The van der Waals surface area contributed by atoms with Crippen molar-refractivity contribution in [1.82, 2.24) is 9.97 Å². The van der Waals surface area contributed by atoms with Crippen molar-refractivity contribution < 1.29 is 4.74 Å². The van der Waals surface area contributed by atoms with Crippen LogP contribution in [0.3, 0.4) is 0 Å². The second-order valence-electron chi connectivity index (χ2n) is 4.09. The molecule has 4 heteroatoms. The quantitative estimate of drug-likeness (QED) is 0.669. The topological polar surface area (TPSA) is 35.0 Å². The largest absolute Gasteiger partial charge is 0.497 e. The van der Waals surface area contributed by atoms with E-state index in [1.807, 2.05) is 48.5 Å². The van der Waals surface area contributed by atoms with Crippen LogP contribution in [-0.2, 0) is 0 Å². The molecular weight excluding hydrogens is 304 g/mol. The van der Waals surface area contributed by atoms with Crippen LogP contribution in [0.2, 0.25) is 0 Å². The SMILES string of the molecule is COc1cccc(-c2nc(Br)c3ccccc3n2)c1. The Bertz CT molecular complexity index is 743. The molecule has 19 heavy (non-hydrogen) atoms. The highest BCUT2D eigenvalue weighted by Gasteiger charge is 2.07. The van der Waals surface area contributed by atoms with Gasteiger partial charge in [0.1, 0.15) is 10.4 Å². The summed E-state index contributed by atoms with van der Waals surface area (Å²) in [5.41, 5.74) is 1.85. The van der Waals surface area contributed by atoms with E-state index in [1.165, 1.54) is 0 Å². The molecule has 0 spiro atoms. The monoisotopic (exact) mass is 314 g/mol. The van der Waals surface area contributed by atoms with Gasteiger partial charge in [-0.25, -0.2) is 9.97 Å². The second kappa shape index (κ2) is 4.97. The fraction of sp³-hybridized carbons (Fsp3) is 0.0667. The molecule has 0 aliphatic rings. The average Bonchev–Trinajstić information content (AvgIpc) is 2.47. The Balaban J connectivity index is 2.19. The number of hydrogen-bond donors (Lipinski definition) is 0. The van der Waals surface area contributed by atoms with Crippen LogP contribution in [0.5, 0.6) is 5.75 Å². The van der Waals surface area contributed by atoms with Gasteiger partial charge < -0.3 is 4.74 Å². The Hall–Kier alpha value is -1.94. The van der Waals surface area contributed by atoms with Crippen LogP contribution >= 0.6 is 15.9 Å². The zero-order valence-electron chi connectivity index (χ0n) is 10.3. The van der Waals surface area contributed by atoms with Gasteiger partial charge in [-0.3, -0.25) is 0 Å². The van der Waals surface area contributed by atoms with Gasteiger partial charge >= 0.3 is 0 Å². The number of rotatable bonds is 2. The molecule has 0 aliphatic heterocycles. The first kappa shape index (κ1) is 12.1. The van der Waals surface area contributed by atoms with Gasteiger partial charge in [0.15, 0.2) is 5.82 Å². The van der Waals surface area contributed by atoms with E-state index in [9.17, 15) is 0 Å². The van der Waals surface area contributed by atoms with Crippen molar-refractivity contribution >= 4 is 26.8 Å². The molecule has 0 atom stereocenters. The number of halogens is 1. The number of ether oxygens (including phenoxy) is 1. The van der Waals surface area contributed by atoms with E-state index in [-0.39, 0.29) is 0 Å². The molecule has 0 bridgehead atoms. The van der Waals surface area contributed by atoms with Gasteiger partial charge in [-0.2, -0.15) is 0 Å². The number of nitrogens with zero attached hydrogens (tertiary/aromatic N) is 2. The van der Waals surface area contributed by atoms with Crippen molar-refractivity contribution in [3.63, 3.8) is 0 Å². The fourth-order valence-electron chi connectivity index (χ4n) is 1.93. The van der Waals surface area contributed by atoms with Gasteiger partial charge in [-0.15, -0.1) is 0 Å². The van der Waals surface area contributed by atoms with Crippen molar-refractivity contribution in [2.24, 2.45) is 0 Å². The molecule has 0 radical (unpaired) electrons. The number of fused-ring (bicyclic) bond motifs is 1. The lowest BCUT2D eigenvalue weighted by Crippen LogP contribution is -1.92. The molecule has 0 N–H and O–H groups in total. The minimum Gasteiger partial charge on any atom is -0.497 e. The summed E-state index contributed by atoms with van der Waals surface area (Å²) in [4.78, 5) is 9.08. The summed E-state index contributed by atoms with van der Waals surface area (Å²) >= 11 is 3.50. The summed E-state index contributed by atoms with van der Waals surface area (Å²) in [6.45, 7) is 0. The number of aromatic nitrogens is 2. The third kappa shape index (κ3) is 2.31. The van der Waals surface area contributed by atoms with E-state index in [0.29, 0.717) is 5.82 Å². The predicted octanol–water partition coefficient (Wildman–Crippen LogP) is 4.07. The Labute approximate surface area is 119 Å². The zero-order chi connectivity index (χ0) is 13.2. The highest BCUT2D eigenvalue weighted by Crippen LogP contribution is 2.26. The van der Waals surface area contributed by atoms with Crippen molar-refractivity contribution in [3.05, 3.63) is 53.1 Å². The van der Waals surface area contributed by atoms with Gasteiger partial charge in [0.2, 0.25) is 0 Å². The third-order valence-corrected chi connectivity index (χ3v) is 3.49. The number of hydrogen-bond acceptors (Lipinski definition) is 3. The van der Waals surface area contributed by atoms with Crippen molar-refractivity contribution in [2.75, 3.05) is 7.11 Å². The molecule has 1 aromatic heterocycles. The van der Waals surface area contributed by atoms with Crippen LogP contribution in [0.1, 0.15) is 0 Å². The van der Waals surface area contributed by atoms with Gasteiger partial charge in [-0.05, 0) is 34.1 Å². The van der Waals surface area contributed by atoms with Gasteiger partial charge in [-0.1, -0.05) is 30.3 Å². The van der Waals surface area contributed by atoms with E-state index >= 15 is 0 Å². The minimum absolute atomic E-state index is 0.685. The van der Waals surface area contributed by atoms with Crippen LogP contribution in [0, 0.1) is 0 Å². The first-order chi connectivity index (χ1) is 9.28. The molecule has 3 rings (SSSR count). The summed E-state index contributed by atoms with van der Waals surface area (Å²) in [5, 5.41) is 1.01. The van der Waals surface area contributed by atoms with Crippen LogP contribution in [-0.4, -0.2) is 17.1 Å². The molecule has 1 heterocycles. The highest BCUT2D eigenvalue weighted by atomic mass is 79.9. The molecule has 3 nitrogen and oxygen atoms in total. The van der Waals surface area contributed by atoms with E-state index in [2.05, 4.69) is 25.9 Å². The van der Waals surface area contributed by atoms with Crippen molar-refractivity contribution in [3.8, 4) is 17.1 Å². The number of benzene rings is 2. The first-order valence-corrected chi connectivity index (χ1v) is 6.64. The van der Waals surface area contributed by atoms with E-state index < -0.39 is 0 Å². The van der Waals surface area contributed by atoms with E-state index in [1.54, 1.807) is 7.11 Å². The highest BCUT2D eigenvalue weighted by molar-refractivity contribution is 9.10.